The molecule has 5 rings (SSSR count). The number of carbonyl (C=O) groups excluding carboxylic acids is 1. The molecule has 1 atom stereocenters. The van der Waals surface area contributed by atoms with Gasteiger partial charge in [-0.3, -0.25) is 9.69 Å². The van der Waals surface area contributed by atoms with E-state index in [9.17, 15) is 4.79 Å². The van der Waals surface area contributed by atoms with Crippen LogP contribution in [0.4, 0.5) is 0 Å². The van der Waals surface area contributed by atoms with Gasteiger partial charge in [0.2, 0.25) is 5.91 Å². The third-order valence-electron chi connectivity index (χ3n) is 7.20. The number of nitrogens with zero attached hydrogens (tertiary/aromatic N) is 5. The molecule has 2 fully saturated rings. The van der Waals surface area contributed by atoms with E-state index in [0.717, 1.165) is 61.8 Å². The van der Waals surface area contributed by atoms with Crippen molar-refractivity contribution in [3.05, 3.63) is 41.2 Å². The molecule has 1 saturated heterocycles. The fraction of sp³-hybridized carbons (Fsp3) is 0.625. The summed E-state index contributed by atoms with van der Waals surface area (Å²) in [4.78, 5) is 17.0. The van der Waals surface area contributed by atoms with Crippen LogP contribution in [-0.2, 0) is 29.2 Å². The molecule has 0 radical (unpaired) electrons. The van der Waals surface area contributed by atoms with E-state index < -0.39 is 0 Å². The molecule has 172 valence electrons. The van der Waals surface area contributed by atoms with Gasteiger partial charge >= 0.3 is 0 Å². The number of aromatic nitrogens is 3. The van der Waals surface area contributed by atoms with Crippen LogP contribution in [0.2, 0.25) is 0 Å². The number of methoxy groups -OCH3 is 1. The van der Waals surface area contributed by atoms with Crippen LogP contribution in [0.5, 0.6) is 5.75 Å². The monoisotopic (exact) mass is 439 g/mol. The van der Waals surface area contributed by atoms with Crippen molar-refractivity contribution in [2.75, 3.05) is 33.3 Å². The topological polar surface area (TPSA) is 72.7 Å². The summed E-state index contributed by atoms with van der Waals surface area (Å²) < 4.78 is 13.4. The van der Waals surface area contributed by atoms with Gasteiger partial charge in [-0.2, -0.15) is 0 Å². The molecule has 1 amide bonds. The zero-order valence-corrected chi connectivity index (χ0v) is 18.9. The zero-order valence-electron chi connectivity index (χ0n) is 18.9. The molecule has 8 heteroatoms. The third kappa shape index (κ3) is 4.66. The number of hydrogen-bond donors (Lipinski definition) is 0. The lowest BCUT2D eigenvalue weighted by atomic mass is 10.0. The zero-order chi connectivity index (χ0) is 21.9. The van der Waals surface area contributed by atoms with Crippen LogP contribution in [-0.4, -0.2) is 64.0 Å². The van der Waals surface area contributed by atoms with Crippen LogP contribution in [0.3, 0.4) is 0 Å². The van der Waals surface area contributed by atoms with Crippen molar-refractivity contribution < 1.29 is 14.3 Å². The van der Waals surface area contributed by atoms with Crippen LogP contribution in [0.15, 0.2) is 24.3 Å². The minimum absolute atomic E-state index is 0.0302. The first-order valence-electron chi connectivity index (χ1n) is 11.9. The van der Waals surface area contributed by atoms with E-state index >= 15 is 0 Å². The maximum absolute atomic E-state index is 12.6. The predicted molar refractivity (Wildman–Crippen MR) is 119 cm³/mol. The second-order valence-corrected chi connectivity index (χ2v) is 9.25. The van der Waals surface area contributed by atoms with Gasteiger partial charge in [0.05, 0.1) is 26.0 Å². The van der Waals surface area contributed by atoms with E-state index in [4.69, 9.17) is 9.47 Å². The molecular formula is C24H33N5O3. The number of carbonyl (C=O) groups is 1. The van der Waals surface area contributed by atoms with Gasteiger partial charge < -0.3 is 14.4 Å². The van der Waals surface area contributed by atoms with E-state index in [2.05, 4.69) is 20.1 Å². The Bertz CT molecular complexity index is 914. The highest BCUT2D eigenvalue weighted by atomic mass is 16.5. The minimum Gasteiger partial charge on any atom is -0.497 e. The lowest BCUT2D eigenvalue weighted by Crippen LogP contribution is -2.48. The Labute approximate surface area is 189 Å². The Morgan fingerprint density at radius 3 is 2.59 bits per heavy atom. The molecule has 8 nitrogen and oxygen atoms in total. The second kappa shape index (κ2) is 9.58. The van der Waals surface area contributed by atoms with Crippen molar-refractivity contribution in [1.82, 2.24) is 24.8 Å². The van der Waals surface area contributed by atoms with Gasteiger partial charge in [-0.25, -0.2) is 4.68 Å². The first kappa shape index (κ1) is 21.4. The van der Waals surface area contributed by atoms with Crippen molar-refractivity contribution in [1.29, 1.82) is 0 Å². The smallest absolute Gasteiger partial charge is 0.222 e. The molecule has 32 heavy (non-hydrogen) atoms. The molecule has 0 N–H and O–H groups in total. The van der Waals surface area contributed by atoms with Crippen LogP contribution in [0, 0.1) is 5.92 Å². The predicted octanol–water partition coefficient (Wildman–Crippen LogP) is 2.78. The van der Waals surface area contributed by atoms with Crippen molar-refractivity contribution >= 4 is 5.91 Å². The number of fused-ring (bicyclic) bond motifs is 1. The average molecular weight is 440 g/mol. The van der Waals surface area contributed by atoms with Crippen molar-refractivity contribution in [3.8, 4) is 5.75 Å². The summed E-state index contributed by atoms with van der Waals surface area (Å²) in [5.74, 6) is 1.80. The van der Waals surface area contributed by atoms with Gasteiger partial charge in [-0.1, -0.05) is 30.2 Å². The Kier molecular flexibility index (Phi) is 6.41. The Morgan fingerprint density at radius 1 is 1.12 bits per heavy atom. The van der Waals surface area contributed by atoms with E-state index in [0.29, 0.717) is 25.0 Å². The number of hydrogen-bond acceptors (Lipinski definition) is 6. The van der Waals surface area contributed by atoms with Crippen LogP contribution >= 0.6 is 0 Å². The van der Waals surface area contributed by atoms with E-state index in [1.54, 1.807) is 7.11 Å². The third-order valence-corrected chi connectivity index (χ3v) is 7.20. The Morgan fingerprint density at radius 2 is 1.88 bits per heavy atom. The molecule has 3 heterocycles. The molecule has 0 bridgehead atoms. The fourth-order valence-corrected chi connectivity index (χ4v) is 5.16. The quantitative estimate of drug-likeness (QED) is 0.689. The molecule has 1 aliphatic carbocycles. The summed E-state index contributed by atoms with van der Waals surface area (Å²) in [6.45, 7) is 5.33. The van der Waals surface area contributed by atoms with Crippen molar-refractivity contribution in [2.24, 2.45) is 5.92 Å². The molecule has 1 unspecified atom stereocenters. The van der Waals surface area contributed by atoms with E-state index in [-0.39, 0.29) is 6.10 Å². The summed E-state index contributed by atoms with van der Waals surface area (Å²) in [5.41, 5.74) is 3.17. The van der Waals surface area contributed by atoms with Gasteiger partial charge in [-0.15, -0.1) is 5.10 Å². The average Bonchev–Trinajstić information content (AvgIpc) is 3.49. The van der Waals surface area contributed by atoms with Gasteiger partial charge in [0.25, 0.3) is 0 Å². The first-order valence-corrected chi connectivity index (χ1v) is 11.9. The second-order valence-electron chi connectivity index (χ2n) is 9.25. The molecule has 1 aromatic heterocycles. The molecular weight excluding hydrogens is 406 g/mol. The number of piperazine rings is 1. The fourth-order valence-electron chi connectivity index (χ4n) is 5.16. The minimum atomic E-state index is -0.0302. The van der Waals surface area contributed by atoms with Crippen molar-refractivity contribution in [2.45, 2.75) is 57.9 Å². The summed E-state index contributed by atoms with van der Waals surface area (Å²) in [6, 6.07) is 8.00. The first-order chi connectivity index (χ1) is 15.7. The maximum atomic E-state index is 12.6. The van der Waals surface area contributed by atoms with Gasteiger partial charge in [0, 0.05) is 39.1 Å². The number of amides is 1. The van der Waals surface area contributed by atoms with Crippen molar-refractivity contribution in [3.63, 3.8) is 0 Å². The molecule has 0 spiro atoms. The Hall–Kier alpha value is -2.45. The normalized spacial score (nSPS) is 22.2. The van der Waals surface area contributed by atoms with E-state index in [1.807, 2.05) is 28.9 Å². The van der Waals surface area contributed by atoms with E-state index in [1.165, 1.54) is 25.7 Å². The highest BCUT2D eigenvalue weighted by molar-refractivity contribution is 5.76. The van der Waals surface area contributed by atoms with Crippen LogP contribution in [0.1, 0.15) is 55.2 Å². The highest BCUT2D eigenvalue weighted by Gasteiger charge is 2.28. The Balaban J connectivity index is 1.13. The SMILES string of the molecule is COc1ccc(C2Cn3nnc(CN4CCN(C(=O)CC5CCCC5)CC4)c3CO2)cc1. The molecule has 3 aliphatic rings. The molecule has 1 aromatic carbocycles. The number of ether oxygens (including phenoxy) is 2. The van der Waals surface area contributed by atoms with Crippen LogP contribution < -0.4 is 4.74 Å². The van der Waals surface area contributed by atoms with Crippen LogP contribution in [0.25, 0.3) is 0 Å². The standard InChI is InChI=1S/C24H33N5O3/c1-31-20-8-6-19(7-9-20)23-16-29-22(17-32-23)21(25-26-29)15-27-10-12-28(13-11-27)24(30)14-18-4-2-3-5-18/h6-9,18,23H,2-5,10-17H2,1H3. The maximum Gasteiger partial charge on any atom is 0.222 e. The largest absolute Gasteiger partial charge is 0.497 e. The van der Waals surface area contributed by atoms with Gasteiger partial charge in [0.1, 0.15) is 17.5 Å². The highest BCUT2D eigenvalue weighted by Crippen LogP contribution is 2.29. The lowest BCUT2D eigenvalue weighted by Gasteiger charge is -2.35. The number of rotatable bonds is 6. The van der Waals surface area contributed by atoms with Gasteiger partial charge in [0.15, 0.2) is 0 Å². The summed E-state index contributed by atoms with van der Waals surface area (Å²) in [6.07, 6.45) is 5.75. The summed E-state index contributed by atoms with van der Waals surface area (Å²) >= 11 is 0. The number of benzene rings is 1. The molecule has 2 aromatic rings. The summed E-state index contributed by atoms with van der Waals surface area (Å²) in [7, 11) is 1.67. The molecule has 1 saturated carbocycles. The lowest BCUT2D eigenvalue weighted by molar-refractivity contribution is -0.134. The van der Waals surface area contributed by atoms with Gasteiger partial charge in [-0.05, 0) is 36.5 Å². The molecule has 2 aliphatic heterocycles. The summed E-state index contributed by atoms with van der Waals surface area (Å²) in [5, 5.41) is 8.86.